The molecule has 0 atom stereocenters. The second-order valence-corrected chi connectivity index (χ2v) is 3.22. The van der Waals surface area contributed by atoms with Crippen LogP contribution in [0.25, 0.3) is 0 Å². The van der Waals surface area contributed by atoms with Crippen LogP contribution in [0.4, 0.5) is 4.39 Å². The molecule has 0 spiro atoms. The van der Waals surface area contributed by atoms with Gasteiger partial charge in [0.05, 0.1) is 5.02 Å². The number of halogens is 2. The molecule has 74 valence electrons. The van der Waals surface area contributed by atoms with Gasteiger partial charge in [-0.3, -0.25) is 0 Å². The van der Waals surface area contributed by atoms with E-state index in [1.165, 1.54) is 18.3 Å². The minimum absolute atomic E-state index is 0.355. The molecule has 0 bridgehead atoms. The number of H-pyrrole nitrogens is 1. The van der Waals surface area contributed by atoms with Crippen LogP contribution in [0.3, 0.4) is 0 Å². The summed E-state index contributed by atoms with van der Waals surface area (Å²) in [6, 6.07) is 4.24. The quantitative estimate of drug-likeness (QED) is 0.680. The summed E-state index contributed by atoms with van der Waals surface area (Å²) in [6.07, 6.45) is 3.06. The van der Waals surface area contributed by atoms with Crippen molar-refractivity contribution >= 4 is 11.6 Å². The summed E-state index contributed by atoms with van der Waals surface area (Å²) < 4.78 is 12.8. The first-order chi connectivity index (χ1) is 7.25. The minimum atomic E-state index is -0.355. The van der Waals surface area contributed by atoms with Crippen molar-refractivity contribution in [1.82, 2.24) is 9.97 Å². The Balaban J connectivity index is 2.30. The van der Waals surface area contributed by atoms with Gasteiger partial charge < -0.3 is 4.98 Å². The highest BCUT2D eigenvalue weighted by Crippen LogP contribution is 2.11. The molecular weight excluding hydrogens is 215 g/mol. The van der Waals surface area contributed by atoms with Crippen molar-refractivity contribution in [2.75, 3.05) is 0 Å². The zero-order chi connectivity index (χ0) is 10.7. The Labute approximate surface area is 91.1 Å². The summed E-state index contributed by atoms with van der Waals surface area (Å²) in [4.78, 5) is 6.76. The molecule has 2 aromatic rings. The predicted molar refractivity (Wildman–Crippen MR) is 56.0 cm³/mol. The first-order valence-corrected chi connectivity index (χ1v) is 4.60. The van der Waals surface area contributed by atoms with E-state index in [1.807, 2.05) is 0 Å². The van der Waals surface area contributed by atoms with Gasteiger partial charge >= 0.3 is 0 Å². The van der Waals surface area contributed by atoms with E-state index in [9.17, 15) is 4.39 Å². The Morgan fingerprint density at radius 3 is 2.87 bits per heavy atom. The molecule has 0 aliphatic heterocycles. The Bertz CT molecular complexity index is 537. The van der Waals surface area contributed by atoms with Crippen LogP contribution in [-0.2, 0) is 0 Å². The van der Waals surface area contributed by atoms with E-state index in [4.69, 9.17) is 11.6 Å². The molecule has 0 fully saturated rings. The molecule has 0 aliphatic carbocycles. The SMILES string of the molecule is Fc1ccnc(C#Cc2[nH]ccc2Cl)c1. The second-order valence-electron chi connectivity index (χ2n) is 2.81. The lowest BCUT2D eigenvalue weighted by Crippen LogP contribution is -1.83. The standard InChI is InChI=1S/C11H6ClFN2/c12-10-4-6-15-11(10)2-1-9-7-8(13)3-5-14-9/h3-7,15H. The van der Waals surface area contributed by atoms with Crippen molar-refractivity contribution in [3.8, 4) is 11.8 Å². The maximum atomic E-state index is 12.8. The number of nitrogens with zero attached hydrogens (tertiary/aromatic N) is 1. The molecule has 2 rings (SSSR count). The molecule has 4 heteroatoms. The van der Waals surface area contributed by atoms with Gasteiger partial charge in [0, 0.05) is 18.5 Å². The second kappa shape index (κ2) is 4.16. The molecule has 2 aromatic heterocycles. The van der Waals surface area contributed by atoms with Gasteiger partial charge in [0.1, 0.15) is 17.2 Å². The van der Waals surface area contributed by atoms with E-state index >= 15 is 0 Å². The van der Waals surface area contributed by atoms with Gasteiger partial charge in [0.15, 0.2) is 0 Å². The molecule has 2 heterocycles. The highest BCUT2D eigenvalue weighted by atomic mass is 35.5. The van der Waals surface area contributed by atoms with Crippen LogP contribution in [0, 0.1) is 17.7 Å². The lowest BCUT2D eigenvalue weighted by atomic mass is 10.3. The van der Waals surface area contributed by atoms with Crippen molar-refractivity contribution in [2.24, 2.45) is 0 Å². The minimum Gasteiger partial charge on any atom is -0.354 e. The maximum absolute atomic E-state index is 12.8. The number of rotatable bonds is 0. The number of nitrogens with one attached hydrogen (secondary N) is 1. The number of hydrogen-bond donors (Lipinski definition) is 1. The molecule has 15 heavy (non-hydrogen) atoms. The van der Waals surface area contributed by atoms with E-state index in [-0.39, 0.29) is 5.82 Å². The molecular formula is C11H6ClFN2. The van der Waals surface area contributed by atoms with Crippen molar-refractivity contribution in [3.63, 3.8) is 0 Å². The molecule has 0 saturated heterocycles. The lowest BCUT2D eigenvalue weighted by molar-refractivity contribution is 0.625. The zero-order valence-corrected chi connectivity index (χ0v) is 8.35. The van der Waals surface area contributed by atoms with Crippen LogP contribution in [0.1, 0.15) is 11.4 Å². The summed E-state index contributed by atoms with van der Waals surface area (Å²) >= 11 is 5.81. The molecule has 0 unspecified atom stereocenters. The largest absolute Gasteiger partial charge is 0.354 e. The Hall–Kier alpha value is -1.79. The topological polar surface area (TPSA) is 28.7 Å². The molecule has 0 aliphatic rings. The number of pyridine rings is 1. The fraction of sp³-hybridized carbons (Fsp3) is 0. The van der Waals surface area contributed by atoms with Gasteiger partial charge in [-0.2, -0.15) is 0 Å². The summed E-state index contributed by atoms with van der Waals surface area (Å²) in [6.45, 7) is 0. The summed E-state index contributed by atoms with van der Waals surface area (Å²) in [5.41, 5.74) is 0.975. The smallest absolute Gasteiger partial charge is 0.127 e. The van der Waals surface area contributed by atoms with Crippen LogP contribution in [-0.4, -0.2) is 9.97 Å². The Kier molecular flexibility index (Phi) is 2.70. The highest BCUT2D eigenvalue weighted by Gasteiger charge is 1.96. The normalized spacial score (nSPS) is 9.47. The predicted octanol–water partition coefficient (Wildman–Crippen LogP) is 2.60. The molecule has 0 amide bonds. The van der Waals surface area contributed by atoms with Gasteiger partial charge in [0.25, 0.3) is 0 Å². The van der Waals surface area contributed by atoms with E-state index < -0.39 is 0 Å². The fourth-order valence-corrected chi connectivity index (χ4v) is 1.21. The third-order valence-electron chi connectivity index (χ3n) is 1.73. The first-order valence-electron chi connectivity index (χ1n) is 4.22. The number of aromatic nitrogens is 2. The van der Waals surface area contributed by atoms with Crippen molar-refractivity contribution in [2.45, 2.75) is 0 Å². The summed E-state index contributed by atoms with van der Waals surface area (Å²) in [7, 11) is 0. The third kappa shape index (κ3) is 2.36. The zero-order valence-electron chi connectivity index (χ0n) is 7.59. The van der Waals surface area contributed by atoms with Crippen LogP contribution >= 0.6 is 11.6 Å². The summed E-state index contributed by atoms with van der Waals surface area (Å²) in [5.74, 6) is 5.13. The van der Waals surface area contributed by atoms with Crippen LogP contribution < -0.4 is 0 Å². The van der Waals surface area contributed by atoms with E-state index in [0.717, 1.165) is 0 Å². The van der Waals surface area contributed by atoms with E-state index in [0.29, 0.717) is 16.4 Å². The van der Waals surface area contributed by atoms with Gasteiger partial charge in [-0.05, 0) is 24.0 Å². The van der Waals surface area contributed by atoms with Crippen LogP contribution in [0.15, 0.2) is 30.6 Å². The number of aromatic amines is 1. The maximum Gasteiger partial charge on any atom is 0.127 e. The van der Waals surface area contributed by atoms with Crippen LogP contribution in [0.2, 0.25) is 5.02 Å². The van der Waals surface area contributed by atoms with Gasteiger partial charge in [0.2, 0.25) is 0 Å². The van der Waals surface area contributed by atoms with Gasteiger partial charge in [-0.1, -0.05) is 11.6 Å². The summed E-state index contributed by atoms with van der Waals surface area (Å²) in [5, 5.41) is 0.541. The monoisotopic (exact) mass is 220 g/mol. The molecule has 0 aromatic carbocycles. The Morgan fingerprint density at radius 2 is 2.20 bits per heavy atom. The molecule has 1 N–H and O–H groups in total. The average molecular weight is 221 g/mol. The van der Waals surface area contributed by atoms with Crippen LogP contribution in [0.5, 0.6) is 0 Å². The van der Waals surface area contributed by atoms with Crippen molar-refractivity contribution in [1.29, 1.82) is 0 Å². The van der Waals surface area contributed by atoms with Crippen molar-refractivity contribution in [3.05, 3.63) is 52.8 Å². The highest BCUT2D eigenvalue weighted by molar-refractivity contribution is 6.31. The van der Waals surface area contributed by atoms with E-state index in [2.05, 4.69) is 21.8 Å². The third-order valence-corrected chi connectivity index (χ3v) is 2.05. The fourth-order valence-electron chi connectivity index (χ4n) is 1.05. The Morgan fingerprint density at radius 1 is 1.33 bits per heavy atom. The first kappa shape index (κ1) is 9.75. The lowest BCUT2D eigenvalue weighted by Gasteiger charge is -1.88. The van der Waals surface area contributed by atoms with Crippen molar-refractivity contribution < 1.29 is 4.39 Å². The number of hydrogen-bond acceptors (Lipinski definition) is 1. The van der Waals surface area contributed by atoms with Gasteiger partial charge in [-0.25, -0.2) is 9.37 Å². The van der Waals surface area contributed by atoms with E-state index in [1.54, 1.807) is 12.3 Å². The molecule has 0 saturated carbocycles. The molecule has 2 nitrogen and oxygen atoms in total. The molecule has 0 radical (unpaired) electrons. The van der Waals surface area contributed by atoms with Gasteiger partial charge in [-0.15, -0.1) is 0 Å². The average Bonchev–Trinajstić information content (AvgIpc) is 2.61.